The zero-order chi connectivity index (χ0) is 14.4. The van der Waals surface area contributed by atoms with Gasteiger partial charge >= 0.3 is 12.6 Å². The Morgan fingerprint density at radius 3 is 2.53 bits per heavy atom. The number of rotatable bonds is 6. The van der Waals surface area contributed by atoms with Crippen LogP contribution in [-0.4, -0.2) is 19.2 Å². The van der Waals surface area contributed by atoms with Gasteiger partial charge < -0.3 is 9.47 Å². The maximum absolute atomic E-state index is 12.2. The van der Waals surface area contributed by atoms with Gasteiger partial charge in [-0.2, -0.15) is 8.78 Å². The molecule has 6 heteroatoms. The first-order valence-electron chi connectivity index (χ1n) is 5.76. The zero-order valence-corrected chi connectivity index (χ0v) is 12.3. The largest absolute Gasteiger partial charge is 0.466 e. The van der Waals surface area contributed by atoms with Crippen LogP contribution in [0.25, 0.3) is 0 Å². The van der Waals surface area contributed by atoms with Gasteiger partial charge in [-0.05, 0) is 42.7 Å². The normalized spacial score (nSPS) is 10.6. The Labute approximate surface area is 119 Å². The quantitative estimate of drug-likeness (QED) is 0.588. The predicted molar refractivity (Wildman–Crippen MR) is 70.8 cm³/mol. The van der Waals surface area contributed by atoms with Crippen LogP contribution in [0.3, 0.4) is 0 Å². The smallest absolute Gasteiger partial charge is 0.387 e. The number of hydrogen-bond acceptors (Lipinski definition) is 3. The SMILES string of the molecule is CCOC(=O)Cc1cc(OC(F)F)cc(CBr)c1C. The van der Waals surface area contributed by atoms with Crippen LogP contribution in [0.1, 0.15) is 23.6 Å². The fourth-order valence-electron chi connectivity index (χ4n) is 1.67. The molecule has 3 nitrogen and oxygen atoms in total. The highest BCUT2D eigenvalue weighted by Gasteiger charge is 2.13. The number of benzene rings is 1. The molecule has 0 amide bonds. The second kappa shape index (κ2) is 7.43. The van der Waals surface area contributed by atoms with Crippen LogP contribution in [0.4, 0.5) is 8.78 Å². The summed E-state index contributed by atoms with van der Waals surface area (Å²) in [6.45, 7) is 0.944. The summed E-state index contributed by atoms with van der Waals surface area (Å²) in [6, 6.07) is 2.98. The van der Waals surface area contributed by atoms with Crippen molar-refractivity contribution in [3.8, 4) is 5.75 Å². The molecule has 0 heterocycles. The number of ether oxygens (including phenoxy) is 2. The molecule has 1 aromatic carbocycles. The van der Waals surface area contributed by atoms with Gasteiger partial charge in [0, 0.05) is 5.33 Å². The first-order valence-corrected chi connectivity index (χ1v) is 6.88. The monoisotopic (exact) mass is 336 g/mol. The number of esters is 1. The van der Waals surface area contributed by atoms with Gasteiger partial charge in [0.2, 0.25) is 0 Å². The van der Waals surface area contributed by atoms with Crippen molar-refractivity contribution < 1.29 is 23.0 Å². The van der Waals surface area contributed by atoms with E-state index in [0.717, 1.165) is 11.1 Å². The molecule has 0 atom stereocenters. The Hall–Kier alpha value is -1.17. The molecule has 0 saturated carbocycles. The average Bonchev–Trinajstić information content (AvgIpc) is 2.32. The molecule has 0 aliphatic carbocycles. The van der Waals surface area contributed by atoms with E-state index < -0.39 is 6.61 Å². The van der Waals surface area contributed by atoms with Gasteiger partial charge in [-0.3, -0.25) is 4.79 Å². The number of carbonyl (C=O) groups excluding carboxylic acids is 1. The molecule has 0 fully saturated rings. The molecule has 0 spiro atoms. The summed E-state index contributed by atoms with van der Waals surface area (Å²) >= 11 is 3.28. The molecule has 0 aliphatic heterocycles. The van der Waals surface area contributed by atoms with Gasteiger partial charge in [-0.15, -0.1) is 0 Å². The molecule has 0 radical (unpaired) electrons. The molecule has 0 N–H and O–H groups in total. The Kier molecular flexibility index (Phi) is 6.21. The Morgan fingerprint density at radius 2 is 2.00 bits per heavy atom. The van der Waals surface area contributed by atoms with Crippen molar-refractivity contribution in [2.45, 2.75) is 32.2 Å². The van der Waals surface area contributed by atoms with E-state index in [1.54, 1.807) is 6.92 Å². The summed E-state index contributed by atoms with van der Waals surface area (Å²) in [5.41, 5.74) is 2.30. The molecule has 0 aromatic heterocycles. The lowest BCUT2D eigenvalue weighted by Crippen LogP contribution is -2.10. The van der Waals surface area contributed by atoms with Crippen molar-refractivity contribution in [1.82, 2.24) is 0 Å². The van der Waals surface area contributed by atoms with Gasteiger partial charge in [0.1, 0.15) is 5.75 Å². The minimum Gasteiger partial charge on any atom is -0.466 e. The second-order valence-electron chi connectivity index (χ2n) is 3.86. The third kappa shape index (κ3) is 4.78. The van der Waals surface area contributed by atoms with Gasteiger partial charge in [0.15, 0.2) is 0 Å². The Morgan fingerprint density at radius 1 is 1.37 bits per heavy atom. The van der Waals surface area contributed by atoms with E-state index in [1.807, 2.05) is 6.92 Å². The lowest BCUT2D eigenvalue weighted by atomic mass is 10.0. The highest BCUT2D eigenvalue weighted by Crippen LogP contribution is 2.26. The topological polar surface area (TPSA) is 35.5 Å². The summed E-state index contributed by atoms with van der Waals surface area (Å²) in [4.78, 5) is 11.5. The van der Waals surface area contributed by atoms with E-state index in [9.17, 15) is 13.6 Å². The molecule has 0 bridgehead atoms. The average molecular weight is 337 g/mol. The summed E-state index contributed by atoms with van der Waals surface area (Å²) in [6.07, 6.45) is 0.0418. The summed E-state index contributed by atoms with van der Waals surface area (Å²) < 4.78 is 33.7. The maximum Gasteiger partial charge on any atom is 0.387 e. The molecular formula is C13H15BrF2O3. The van der Waals surface area contributed by atoms with E-state index in [2.05, 4.69) is 20.7 Å². The highest BCUT2D eigenvalue weighted by molar-refractivity contribution is 9.08. The molecule has 0 saturated heterocycles. The number of halogens is 3. The van der Waals surface area contributed by atoms with Crippen molar-refractivity contribution in [2.24, 2.45) is 0 Å². The molecule has 106 valence electrons. The van der Waals surface area contributed by atoms with Gasteiger partial charge in [0.05, 0.1) is 13.0 Å². The van der Waals surface area contributed by atoms with Crippen LogP contribution in [0.15, 0.2) is 12.1 Å². The number of carbonyl (C=O) groups is 1. The lowest BCUT2D eigenvalue weighted by molar-refractivity contribution is -0.142. The van der Waals surface area contributed by atoms with Crippen LogP contribution < -0.4 is 4.74 Å². The summed E-state index contributed by atoms with van der Waals surface area (Å²) in [5.74, 6) is -0.338. The minimum atomic E-state index is -2.89. The molecule has 0 aliphatic rings. The van der Waals surface area contributed by atoms with E-state index in [4.69, 9.17) is 4.74 Å². The standard InChI is InChI=1S/C13H15BrF2O3/c1-3-18-12(17)6-9-4-11(19-13(15)16)5-10(7-14)8(9)2/h4-5,13H,3,6-7H2,1-2H3. The van der Waals surface area contributed by atoms with Crippen LogP contribution >= 0.6 is 15.9 Å². The van der Waals surface area contributed by atoms with Crippen molar-refractivity contribution in [3.05, 3.63) is 28.8 Å². The Bertz CT molecular complexity index is 450. The third-order valence-electron chi connectivity index (χ3n) is 2.61. The lowest BCUT2D eigenvalue weighted by Gasteiger charge is -2.13. The molecular weight excluding hydrogens is 322 g/mol. The van der Waals surface area contributed by atoms with Gasteiger partial charge in [-0.25, -0.2) is 0 Å². The van der Waals surface area contributed by atoms with Crippen molar-refractivity contribution in [3.63, 3.8) is 0 Å². The first-order chi connectivity index (χ1) is 8.97. The van der Waals surface area contributed by atoms with Crippen molar-refractivity contribution in [2.75, 3.05) is 6.61 Å². The van der Waals surface area contributed by atoms with Crippen LogP contribution in [0.5, 0.6) is 5.75 Å². The number of hydrogen-bond donors (Lipinski definition) is 0. The summed E-state index contributed by atoms with van der Waals surface area (Å²) in [7, 11) is 0. The fourth-order valence-corrected chi connectivity index (χ4v) is 2.25. The fraction of sp³-hybridized carbons (Fsp3) is 0.462. The maximum atomic E-state index is 12.2. The van der Waals surface area contributed by atoms with Crippen LogP contribution in [0.2, 0.25) is 0 Å². The first kappa shape index (κ1) is 15.9. The van der Waals surface area contributed by atoms with E-state index in [1.165, 1.54) is 12.1 Å². The van der Waals surface area contributed by atoms with E-state index >= 15 is 0 Å². The summed E-state index contributed by atoms with van der Waals surface area (Å²) in [5, 5.41) is 0.495. The molecule has 1 rings (SSSR count). The van der Waals surface area contributed by atoms with Crippen LogP contribution in [0, 0.1) is 6.92 Å². The number of alkyl halides is 3. The highest BCUT2D eigenvalue weighted by atomic mass is 79.9. The predicted octanol–water partition coefficient (Wildman–Crippen LogP) is 3.60. The second-order valence-corrected chi connectivity index (χ2v) is 4.42. The third-order valence-corrected chi connectivity index (χ3v) is 3.21. The molecule has 19 heavy (non-hydrogen) atoms. The zero-order valence-electron chi connectivity index (χ0n) is 10.7. The Balaban J connectivity index is 3.03. The van der Waals surface area contributed by atoms with Gasteiger partial charge in [-0.1, -0.05) is 15.9 Å². The van der Waals surface area contributed by atoms with Crippen molar-refractivity contribution in [1.29, 1.82) is 0 Å². The molecule has 0 unspecified atom stereocenters. The van der Waals surface area contributed by atoms with Crippen LogP contribution in [-0.2, 0) is 21.3 Å². The molecule has 1 aromatic rings. The van der Waals surface area contributed by atoms with E-state index in [-0.39, 0.29) is 24.7 Å². The van der Waals surface area contributed by atoms with Gasteiger partial charge in [0.25, 0.3) is 0 Å². The van der Waals surface area contributed by atoms with E-state index in [0.29, 0.717) is 10.9 Å². The minimum absolute atomic E-state index is 0.0418. The van der Waals surface area contributed by atoms with Crippen molar-refractivity contribution >= 4 is 21.9 Å².